The number of ether oxygens (including phenoxy) is 1. The molecule has 0 bridgehead atoms. The molecule has 20 heavy (non-hydrogen) atoms. The molecule has 1 fully saturated rings. The summed E-state index contributed by atoms with van der Waals surface area (Å²) >= 11 is 1.81. The third-order valence-corrected chi connectivity index (χ3v) is 5.39. The zero-order valence-electron chi connectivity index (χ0n) is 13.5. The first-order chi connectivity index (χ1) is 9.35. The molecule has 0 radical (unpaired) electrons. The Morgan fingerprint density at radius 3 is 2.60 bits per heavy atom. The SMILES string of the molecule is COC1(c2ncc(CNC(C)(C)C)s2)CCC(C)CC1. The predicted molar refractivity (Wildman–Crippen MR) is 85.0 cm³/mol. The van der Waals surface area contributed by atoms with Crippen LogP contribution in [0, 0.1) is 5.92 Å². The van der Waals surface area contributed by atoms with Gasteiger partial charge in [-0.05, 0) is 52.4 Å². The summed E-state index contributed by atoms with van der Waals surface area (Å²) in [7, 11) is 1.84. The van der Waals surface area contributed by atoms with Gasteiger partial charge in [0.1, 0.15) is 10.6 Å². The zero-order valence-corrected chi connectivity index (χ0v) is 14.3. The van der Waals surface area contributed by atoms with Gasteiger partial charge in [-0.3, -0.25) is 0 Å². The van der Waals surface area contributed by atoms with Crippen LogP contribution >= 0.6 is 11.3 Å². The average molecular weight is 296 g/mol. The molecular weight excluding hydrogens is 268 g/mol. The van der Waals surface area contributed by atoms with Crippen molar-refractivity contribution in [2.24, 2.45) is 5.92 Å². The minimum atomic E-state index is -0.128. The van der Waals surface area contributed by atoms with Crippen LogP contribution in [0.3, 0.4) is 0 Å². The maximum absolute atomic E-state index is 5.90. The van der Waals surface area contributed by atoms with Gasteiger partial charge in [-0.2, -0.15) is 0 Å². The number of rotatable bonds is 4. The molecule has 1 aromatic rings. The number of methoxy groups -OCH3 is 1. The Hall–Kier alpha value is -0.450. The predicted octanol–water partition coefficient (Wildman–Crippen LogP) is 4.08. The van der Waals surface area contributed by atoms with Crippen molar-refractivity contribution in [1.29, 1.82) is 0 Å². The van der Waals surface area contributed by atoms with Crippen molar-refractivity contribution >= 4 is 11.3 Å². The zero-order chi connectivity index (χ0) is 14.8. The number of aromatic nitrogens is 1. The smallest absolute Gasteiger partial charge is 0.125 e. The fourth-order valence-corrected chi connectivity index (χ4v) is 3.76. The molecule has 1 aliphatic carbocycles. The number of nitrogens with one attached hydrogen (secondary N) is 1. The van der Waals surface area contributed by atoms with Crippen LogP contribution in [0.5, 0.6) is 0 Å². The molecule has 1 aliphatic rings. The first-order valence-electron chi connectivity index (χ1n) is 7.60. The van der Waals surface area contributed by atoms with Crippen LogP contribution in [0.15, 0.2) is 6.20 Å². The van der Waals surface area contributed by atoms with E-state index in [1.807, 2.05) is 13.3 Å². The van der Waals surface area contributed by atoms with E-state index in [2.05, 4.69) is 38.0 Å². The molecule has 0 saturated heterocycles. The normalized spacial score (nSPS) is 27.8. The average Bonchev–Trinajstić information content (AvgIpc) is 2.86. The first-order valence-corrected chi connectivity index (χ1v) is 8.42. The molecule has 0 spiro atoms. The Morgan fingerprint density at radius 2 is 2.05 bits per heavy atom. The molecule has 3 nitrogen and oxygen atoms in total. The van der Waals surface area contributed by atoms with Crippen LogP contribution in [-0.4, -0.2) is 17.6 Å². The molecule has 114 valence electrons. The summed E-state index contributed by atoms with van der Waals surface area (Å²) in [5, 5.41) is 4.69. The van der Waals surface area contributed by atoms with E-state index in [-0.39, 0.29) is 11.1 Å². The molecule has 0 aromatic carbocycles. The standard InChI is InChI=1S/C16H28N2OS/c1-12-6-8-16(19-5,9-7-12)14-17-10-13(20-14)11-18-15(2,3)4/h10,12,18H,6-9,11H2,1-5H3. The highest BCUT2D eigenvalue weighted by atomic mass is 32.1. The van der Waals surface area contributed by atoms with E-state index in [0.29, 0.717) is 0 Å². The van der Waals surface area contributed by atoms with E-state index >= 15 is 0 Å². The highest BCUT2D eigenvalue weighted by Crippen LogP contribution is 2.43. The lowest BCUT2D eigenvalue weighted by atomic mass is 9.80. The fourth-order valence-electron chi connectivity index (χ4n) is 2.69. The van der Waals surface area contributed by atoms with Gasteiger partial charge in [-0.15, -0.1) is 11.3 Å². The minimum absolute atomic E-state index is 0.128. The Morgan fingerprint density at radius 1 is 1.40 bits per heavy atom. The molecule has 1 saturated carbocycles. The van der Waals surface area contributed by atoms with E-state index < -0.39 is 0 Å². The molecular formula is C16H28N2OS. The van der Waals surface area contributed by atoms with Crippen molar-refractivity contribution < 1.29 is 4.74 Å². The van der Waals surface area contributed by atoms with Crippen molar-refractivity contribution in [3.8, 4) is 0 Å². The van der Waals surface area contributed by atoms with Crippen LogP contribution in [0.4, 0.5) is 0 Å². The van der Waals surface area contributed by atoms with Gasteiger partial charge in [-0.1, -0.05) is 6.92 Å². The lowest BCUT2D eigenvalue weighted by Crippen LogP contribution is -2.34. The Kier molecular flexibility index (Phi) is 4.88. The van der Waals surface area contributed by atoms with Crippen molar-refractivity contribution in [2.75, 3.05) is 7.11 Å². The minimum Gasteiger partial charge on any atom is -0.371 e. The van der Waals surface area contributed by atoms with Crippen LogP contribution in [0.2, 0.25) is 0 Å². The molecule has 0 atom stereocenters. The second-order valence-corrected chi connectivity index (χ2v) is 8.23. The van der Waals surface area contributed by atoms with Gasteiger partial charge >= 0.3 is 0 Å². The molecule has 4 heteroatoms. The Balaban J connectivity index is 2.06. The maximum atomic E-state index is 5.90. The summed E-state index contributed by atoms with van der Waals surface area (Å²) in [5.41, 5.74) is 0.0144. The molecule has 1 aromatic heterocycles. The molecule has 2 rings (SSSR count). The van der Waals surface area contributed by atoms with Gasteiger partial charge in [0.05, 0.1) is 0 Å². The summed E-state index contributed by atoms with van der Waals surface area (Å²) in [6, 6.07) is 0. The molecule has 1 heterocycles. The topological polar surface area (TPSA) is 34.1 Å². The lowest BCUT2D eigenvalue weighted by Gasteiger charge is -2.36. The van der Waals surface area contributed by atoms with E-state index in [4.69, 9.17) is 4.74 Å². The molecule has 1 N–H and O–H groups in total. The quantitative estimate of drug-likeness (QED) is 0.909. The van der Waals surface area contributed by atoms with Gasteiger partial charge < -0.3 is 10.1 Å². The monoisotopic (exact) mass is 296 g/mol. The van der Waals surface area contributed by atoms with E-state index in [0.717, 1.165) is 30.3 Å². The van der Waals surface area contributed by atoms with Crippen molar-refractivity contribution in [1.82, 2.24) is 10.3 Å². The van der Waals surface area contributed by atoms with Gasteiger partial charge in [0, 0.05) is 30.3 Å². The number of hydrogen-bond donors (Lipinski definition) is 1. The Bertz CT molecular complexity index is 428. The number of hydrogen-bond acceptors (Lipinski definition) is 4. The first kappa shape index (κ1) is 15.9. The fraction of sp³-hybridized carbons (Fsp3) is 0.812. The second kappa shape index (κ2) is 6.12. The van der Waals surface area contributed by atoms with Gasteiger partial charge in [0.15, 0.2) is 0 Å². The molecule has 0 unspecified atom stereocenters. The number of thiazole rings is 1. The van der Waals surface area contributed by atoms with Gasteiger partial charge in [0.2, 0.25) is 0 Å². The van der Waals surface area contributed by atoms with Crippen LogP contribution in [-0.2, 0) is 16.9 Å². The second-order valence-electron chi connectivity index (χ2n) is 7.12. The van der Waals surface area contributed by atoms with E-state index in [1.165, 1.54) is 17.7 Å². The van der Waals surface area contributed by atoms with Crippen LogP contribution in [0.1, 0.15) is 63.3 Å². The molecule has 0 amide bonds. The largest absolute Gasteiger partial charge is 0.371 e. The highest BCUT2D eigenvalue weighted by Gasteiger charge is 2.38. The highest BCUT2D eigenvalue weighted by molar-refractivity contribution is 7.11. The third-order valence-electron chi connectivity index (χ3n) is 4.21. The third kappa shape index (κ3) is 3.80. The van der Waals surface area contributed by atoms with Crippen molar-refractivity contribution in [2.45, 2.75) is 71.1 Å². The summed E-state index contributed by atoms with van der Waals surface area (Å²) in [6.07, 6.45) is 6.69. The van der Waals surface area contributed by atoms with Crippen molar-refractivity contribution in [3.63, 3.8) is 0 Å². The summed E-state index contributed by atoms with van der Waals surface area (Å²) < 4.78 is 5.90. The van der Waals surface area contributed by atoms with E-state index in [9.17, 15) is 0 Å². The van der Waals surface area contributed by atoms with Gasteiger partial charge in [0.25, 0.3) is 0 Å². The summed E-state index contributed by atoms with van der Waals surface area (Å²) in [4.78, 5) is 5.96. The number of nitrogens with zero attached hydrogens (tertiary/aromatic N) is 1. The summed E-state index contributed by atoms with van der Waals surface area (Å²) in [6.45, 7) is 9.79. The maximum Gasteiger partial charge on any atom is 0.125 e. The van der Waals surface area contributed by atoms with Crippen LogP contribution in [0.25, 0.3) is 0 Å². The molecule has 0 aliphatic heterocycles. The van der Waals surface area contributed by atoms with Crippen molar-refractivity contribution in [3.05, 3.63) is 16.1 Å². The lowest BCUT2D eigenvalue weighted by molar-refractivity contribution is -0.0531. The summed E-state index contributed by atoms with van der Waals surface area (Å²) in [5.74, 6) is 0.820. The van der Waals surface area contributed by atoms with Gasteiger partial charge in [-0.25, -0.2) is 4.98 Å². The van der Waals surface area contributed by atoms with E-state index in [1.54, 1.807) is 11.3 Å². The van der Waals surface area contributed by atoms with Crippen LogP contribution < -0.4 is 5.32 Å². The Labute approximate surface area is 127 Å².